The Morgan fingerprint density at radius 3 is 2.69 bits per heavy atom. The van der Waals surface area contributed by atoms with E-state index in [1.165, 1.54) is 25.7 Å². The first-order valence-electron chi connectivity index (χ1n) is 6.17. The summed E-state index contributed by atoms with van der Waals surface area (Å²) in [6.07, 6.45) is 7.27. The fourth-order valence-electron chi connectivity index (χ4n) is 3.26. The van der Waals surface area contributed by atoms with Crippen LogP contribution < -0.4 is 0 Å². The zero-order valence-electron chi connectivity index (χ0n) is 9.76. The van der Waals surface area contributed by atoms with Crippen LogP contribution in [0.25, 0.3) is 0 Å². The van der Waals surface area contributed by atoms with Crippen LogP contribution in [0, 0.1) is 0 Å². The number of hydrogen-bond acceptors (Lipinski definition) is 3. The molecular weight excluding hydrogens is 202 g/mol. The lowest BCUT2D eigenvalue weighted by molar-refractivity contribution is 0.000178. The highest BCUT2D eigenvalue weighted by Crippen LogP contribution is 2.37. The topological polar surface area (TPSA) is 25.6 Å². The van der Waals surface area contributed by atoms with Gasteiger partial charge in [0.25, 0.3) is 0 Å². The van der Waals surface area contributed by atoms with Crippen molar-refractivity contribution in [3.8, 4) is 0 Å². The minimum atomic E-state index is 0.477. The van der Waals surface area contributed by atoms with Gasteiger partial charge in [-0.15, -0.1) is 0 Å². The van der Waals surface area contributed by atoms with Crippen molar-refractivity contribution in [2.75, 3.05) is 7.11 Å². The van der Waals surface area contributed by atoms with Crippen molar-refractivity contribution in [1.29, 1.82) is 0 Å². The molecule has 2 fully saturated rings. The molecule has 2 unspecified atom stereocenters. The molecule has 0 spiro atoms. The zero-order chi connectivity index (χ0) is 11.0. The first-order valence-corrected chi connectivity index (χ1v) is 6.17. The van der Waals surface area contributed by atoms with Gasteiger partial charge in [-0.3, -0.25) is 4.90 Å². The molecule has 0 saturated carbocycles. The lowest BCUT2D eigenvalue weighted by atomic mass is 9.99. The van der Waals surface area contributed by atoms with Crippen LogP contribution in [0.1, 0.15) is 31.4 Å². The van der Waals surface area contributed by atoms with Crippen LogP contribution in [0.15, 0.2) is 22.8 Å². The second-order valence-corrected chi connectivity index (χ2v) is 4.97. The van der Waals surface area contributed by atoms with E-state index in [4.69, 9.17) is 9.15 Å². The normalized spacial score (nSPS) is 34.4. The summed E-state index contributed by atoms with van der Waals surface area (Å²) in [5.74, 6) is 1.09. The molecule has 3 rings (SSSR count). The maximum absolute atomic E-state index is 5.51. The van der Waals surface area contributed by atoms with Gasteiger partial charge >= 0.3 is 0 Å². The van der Waals surface area contributed by atoms with Crippen LogP contribution in [0.2, 0.25) is 0 Å². The van der Waals surface area contributed by atoms with Crippen molar-refractivity contribution in [1.82, 2.24) is 4.90 Å². The predicted octanol–water partition coefficient (Wildman–Crippen LogP) is 2.42. The van der Waals surface area contributed by atoms with Crippen LogP contribution in [0.4, 0.5) is 0 Å². The summed E-state index contributed by atoms with van der Waals surface area (Å²) in [7, 11) is 1.84. The van der Waals surface area contributed by atoms with Gasteiger partial charge in [0.05, 0.1) is 18.9 Å². The van der Waals surface area contributed by atoms with Gasteiger partial charge in [0.1, 0.15) is 5.76 Å². The largest absolute Gasteiger partial charge is 0.468 e. The van der Waals surface area contributed by atoms with Gasteiger partial charge in [-0.1, -0.05) is 0 Å². The van der Waals surface area contributed by atoms with E-state index in [-0.39, 0.29) is 0 Å². The standard InChI is InChI=1S/C13H19NO2/c1-15-13-7-10-4-5-11(8-13)14(10)9-12-3-2-6-16-12/h2-3,6,10-11,13H,4-5,7-9H2,1H3. The number of ether oxygens (including phenoxy) is 1. The highest BCUT2D eigenvalue weighted by atomic mass is 16.5. The lowest BCUT2D eigenvalue weighted by Crippen LogP contribution is -2.44. The highest BCUT2D eigenvalue weighted by molar-refractivity contribution is 5.02. The molecule has 3 heteroatoms. The summed E-state index contributed by atoms with van der Waals surface area (Å²) >= 11 is 0. The van der Waals surface area contributed by atoms with E-state index in [1.54, 1.807) is 6.26 Å². The minimum absolute atomic E-state index is 0.477. The third kappa shape index (κ3) is 1.78. The van der Waals surface area contributed by atoms with Gasteiger partial charge in [-0.05, 0) is 37.8 Å². The quantitative estimate of drug-likeness (QED) is 0.784. The van der Waals surface area contributed by atoms with Crippen molar-refractivity contribution in [2.45, 2.75) is 50.4 Å². The summed E-state index contributed by atoms with van der Waals surface area (Å²) in [4.78, 5) is 2.61. The Morgan fingerprint density at radius 1 is 1.38 bits per heavy atom. The number of furan rings is 1. The SMILES string of the molecule is COC1CC2CCC(C1)N2Cc1ccco1. The molecule has 88 valence electrons. The van der Waals surface area contributed by atoms with Gasteiger partial charge < -0.3 is 9.15 Å². The van der Waals surface area contributed by atoms with E-state index in [2.05, 4.69) is 11.0 Å². The Morgan fingerprint density at radius 2 is 2.12 bits per heavy atom. The van der Waals surface area contributed by atoms with E-state index in [1.807, 2.05) is 13.2 Å². The third-order valence-corrected chi connectivity index (χ3v) is 4.09. The number of methoxy groups -OCH3 is 1. The second-order valence-electron chi connectivity index (χ2n) is 4.97. The molecule has 0 aromatic carbocycles. The highest BCUT2D eigenvalue weighted by Gasteiger charge is 2.40. The summed E-state index contributed by atoms with van der Waals surface area (Å²) in [6, 6.07) is 5.45. The van der Waals surface area contributed by atoms with Gasteiger partial charge in [0.2, 0.25) is 0 Å². The van der Waals surface area contributed by atoms with Crippen molar-refractivity contribution in [3.05, 3.63) is 24.2 Å². The average Bonchev–Trinajstić information content (AvgIpc) is 2.87. The summed E-state index contributed by atoms with van der Waals surface area (Å²) in [6.45, 7) is 0.971. The molecule has 0 aliphatic carbocycles. The fourth-order valence-corrected chi connectivity index (χ4v) is 3.26. The number of nitrogens with zero attached hydrogens (tertiary/aromatic N) is 1. The molecule has 0 N–H and O–H groups in total. The van der Waals surface area contributed by atoms with Crippen LogP contribution in [-0.4, -0.2) is 30.2 Å². The van der Waals surface area contributed by atoms with Crippen LogP contribution in [-0.2, 0) is 11.3 Å². The van der Waals surface area contributed by atoms with E-state index in [9.17, 15) is 0 Å². The minimum Gasteiger partial charge on any atom is -0.468 e. The number of fused-ring (bicyclic) bond motifs is 2. The van der Waals surface area contributed by atoms with Gasteiger partial charge in [0.15, 0.2) is 0 Å². The Kier molecular flexibility index (Phi) is 2.74. The molecule has 2 aliphatic rings. The molecule has 16 heavy (non-hydrogen) atoms. The monoisotopic (exact) mass is 221 g/mol. The van der Waals surface area contributed by atoms with Gasteiger partial charge in [0, 0.05) is 19.2 Å². The average molecular weight is 221 g/mol. The van der Waals surface area contributed by atoms with E-state index in [0.29, 0.717) is 18.2 Å². The Balaban J connectivity index is 1.69. The smallest absolute Gasteiger partial charge is 0.117 e. The van der Waals surface area contributed by atoms with Crippen molar-refractivity contribution < 1.29 is 9.15 Å². The maximum Gasteiger partial charge on any atom is 0.117 e. The van der Waals surface area contributed by atoms with E-state index < -0.39 is 0 Å². The number of rotatable bonds is 3. The third-order valence-electron chi connectivity index (χ3n) is 4.09. The number of piperidine rings is 1. The summed E-state index contributed by atoms with van der Waals surface area (Å²) in [5, 5.41) is 0. The van der Waals surface area contributed by atoms with Crippen molar-refractivity contribution in [2.24, 2.45) is 0 Å². The Bertz CT molecular complexity index is 322. The van der Waals surface area contributed by atoms with Gasteiger partial charge in [-0.2, -0.15) is 0 Å². The lowest BCUT2D eigenvalue weighted by Gasteiger charge is -2.37. The second kappa shape index (κ2) is 4.22. The predicted molar refractivity (Wildman–Crippen MR) is 61.1 cm³/mol. The molecule has 2 bridgehead atoms. The summed E-state index contributed by atoms with van der Waals surface area (Å²) in [5.41, 5.74) is 0. The summed E-state index contributed by atoms with van der Waals surface area (Å²) < 4.78 is 10.9. The zero-order valence-corrected chi connectivity index (χ0v) is 9.76. The van der Waals surface area contributed by atoms with Crippen LogP contribution in [0.3, 0.4) is 0 Å². The van der Waals surface area contributed by atoms with Crippen molar-refractivity contribution >= 4 is 0 Å². The maximum atomic E-state index is 5.51. The molecule has 0 amide bonds. The van der Waals surface area contributed by atoms with E-state index >= 15 is 0 Å². The molecular formula is C13H19NO2. The number of hydrogen-bond donors (Lipinski definition) is 0. The fraction of sp³-hybridized carbons (Fsp3) is 0.692. The van der Waals surface area contributed by atoms with Crippen LogP contribution >= 0.6 is 0 Å². The Labute approximate surface area is 96.4 Å². The molecule has 3 nitrogen and oxygen atoms in total. The molecule has 3 heterocycles. The van der Waals surface area contributed by atoms with Gasteiger partial charge in [-0.25, -0.2) is 0 Å². The van der Waals surface area contributed by atoms with E-state index in [0.717, 1.165) is 12.3 Å². The van der Waals surface area contributed by atoms with Crippen LogP contribution in [0.5, 0.6) is 0 Å². The molecule has 1 aromatic rings. The first kappa shape index (κ1) is 10.4. The molecule has 0 radical (unpaired) electrons. The van der Waals surface area contributed by atoms with Crippen molar-refractivity contribution in [3.63, 3.8) is 0 Å². The molecule has 1 aromatic heterocycles. The molecule has 2 saturated heterocycles. The Hall–Kier alpha value is -0.800. The first-order chi connectivity index (χ1) is 7.86. The molecule has 2 atom stereocenters. The molecule has 2 aliphatic heterocycles.